The average Bonchev–Trinajstić information content (AvgIpc) is 3.42. The Hall–Kier alpha value is -2.15. The van der Waals surface area contributed by atoms with Gasteiger partial charge in [0.1, 0.15) is 5.82 Å². The molecule has 3 aliphatic heterocycles. The van der Waals surface area contributed by atoms with Crippen LogP contribution in [0.4, 0.5) is 4.39 Å². The topological polar surface area (TPSA) is 60.9 Å². The van der Waals surface area contributed by atoms with Crippen molar-refractivity contribution in [3.05, 3.63) is 34.6 Å². The highest BCUT2D eigenvalue weighted by atomic mass is 35.5. The van der Waals surface area contributed by atoms with Crippen LogP contribution in [0.1, 0.15) is 37.0 Å². The predicted molar refractivity (Wildman–Crippen MR) is 110 cm³/mol. The van der Waals surface area contributed by atoms with Crippen LogP contribution in [-0.2, 0) is 9.59 Å². The molecule has 4 rings (SSSR count). The maximum Gasteiger partial charge on any atom is 0.256 e. The zero-order valence-electron chi connectivity index (χ0n) is 17.4. The molecule has 0 radical (unpaired) electrons. The second-order valence-corrected chi connectivity index (χ2v) is 9.47. The molecule has 0 bridgehead atoms. The summed E-state index contributed by atoms with van der Waals surface area (Å²) in [6.45, 7) is 6.40. The monoisotopic (exact) mass is 435 g/mol. The first-order valence-electron chi connectivity index (χ1n) is 10.6. The minimum Gasteiger partial charge on any atom is -0.342 e. The normalized spacial score (nSPS) is 25.9. The molecule has 8 heteroatoms. The molecular formula is C22H27ClFN3O3. The number of hydrogen-bond donors (Lipinski definition) is 0. The van der Waals surface area contributed by atoms with Crippen LogP contribution in [0.15, 0.2) is 18.2 Å². The number of rotatable bonds is 3. The molecule has 1 aromatic carbocycles. The average molecular weight is 436 g/mol. The van der Waals surface area contributed by atoms with Gasteiger partial charge >= 0.3 is 0 Å². The van der Waals surface area contributed by atoms with Crippen molar-refractivity contribution in [1.82, 2.24) is 14.7 Å². The van der Waals surface area contributed by atoms with Crippen molar-refractivity contribution in [2.24, 2.45) is 17.3 Å². The molecule has 6 nitrogen and oxygen atoms in total. The SMILES string of the molecule is CC(C)C(=O)N1C[C@H]2CN(C(=O)c3cc(Cl)ccc3F)C[C@@]2(C(=O)N2CCCC2)C1. The number of amides is 3. The molecule has 3 fully saturated rings. The minimum atomic E-state index is -0.820. The second-order valence-electron chi connectivity index (χ2n) is 9.04. The van der Waals surface area contributed by atoms with E-state index in [2.05, 4.69) is 0 Å². The molecule has 0 saturated carbocycles. The summed E-state index contributed by atoms with van der Waals surface area (Å²) in [4.78, 5) is 44.5. The fourth-order valence-electron chi connectivity index (χ4n) is 5.12. The third-order valence-electron chi connectivity index (χ3n) is 6.68. The lowest BCUT2D eigenvalue weighted by Gasteiger charge is -2.32. The Morgan fingerprint density at radius 3 is 2.37 bits per heavy atom. The zero-order valence-corrected chi connectivity index (χ0v) is 18.1. The van der Waals surface area contributed by atoms with E-state index in [-0.39, 0.29) is 40.8 Å². The van der Waals surface area contributed by atoms with E-state index < -0.39 is 17.1 Å². The summed E-state index contributed by atoms with van der Waals surface area (Å²) in [5.74, 6) is -1.35. The maximum absolute atomic E-state index is 14.3. The molecule has 0 aromatic heterocycles. The van der Waals surface area contributed by atoms with Gasteiger partial charge in [-0.25, -0.2) is 4.39 Å². The lowest BCUT2D eigenvalue weighted by atomic mass is 9.79. The van der Waals surface area contributed by atoms with E-state index in [4.69, 9.17) is 11.6 Å². The Morgan fingerprint density at radius 2 is 1.70 bits per heavy atom. The van der Waals surface area contributed by atoms with Gasteiger partial charge in [-0.15, -0.1) is 0 Å². The van der Waals surface area contributed by atoms with E-state index in [1.165, 1.54) is 18.2 Å². The quantitative estimate of drug-likeness (QED) is 0.733. The van der Waals surface area contributed by atoms with Gasteiger partial charge < -0.3 is 14.7 Å². The summed E-state index contributed by atoms with van der Waals surface area (Å²) < 4.78 is 14.3. The first-order valence-corrected chi connectivity index (χ1v) is 10.9. The number of carbonyl (C=O) groups is 3. The Kier molecular flexibility index (Phi) is 5.51. The molecular weight excluding hydrogens is 409 g/mol. The Balaban J connectivity index is 1.62. The van der Waals surface area contributed by atoms with Gasteiger partial charge in [0.05, 0.1) is 11.0 Å². The van der Waals surface area contributed by atoms with Crippen molar-refractivity contribution in [3.8, 4) is 0 Å². The Labute approximate surface area is 180 Å². The van der Waals surface area contributed by atoms with Crippen molar-refractivity contribution >= 4 is 29.3 Å². The van der Waals surface area contributed by atoms with Gasteiger partial charge in [0.2, 0.25) is 11.8 Å². The molecule has 0 unspecified atom stereocenters. The van der Waals surface area contributed by atoms with Gasteiger partial charge in [0.25, 0.3) is 5.91 Å². The molecule has 1 aromatic rings. The number of benzene rings is 1. The number of carbonyl (C=O) groups excluding carboxylic acids is 3. The molecule has 0 spiro atoms. The van der Waals surface area contributed by atoms with Gasteiger partial charge in [-0.3, -0.25) is 14.4 Å². The van der Waals surface area contributed by atoms with E-state index in [1.807, 2.05) is 18.7 Å². The number of likely N-dealkylation sites (tertiary alicyclic amines) is 3. The minimum absolute atomic E-state index is 0.0194. The summed E-state index contributed by atoms with van der Waals surface area (Å²) in [5.41, 5.74) is -0.902. The number of nitrogens with zero attached hydrogens (tertiary/aromatic N) is 3. The lowest BCUT2D eigenvalue weighted by Crippen LogP contribution is -2.49. The molecule has 3 saturated heterocycles. The van der Waals surface area contributed by atoms with Crippen molar-refractivity contribution in [2.75, 3.05) is 39.3 Å². The molecule has 30 heavy (non-hydrogen) atoms. The third kappa shape index (κ3) is 3.47. The van der Waals surface area contributed by atoms with Gasteiger partial charge in [0.15, 0.2) is 0 Å². The van der Waals surface area contributed by atoms with E-state index in [0.717, 1.165) is 12.8 Å². The fraction of sp³-hybridized carbons (Fsp3) is 0.591. The highest BCUT2D eigenvalue weighted by Gasteiger charge is 2.60. The summed E-state index contributed by atoms with van der Waals surface area (Å²) in [6, 6.07) is 3.91. The summed E-state index contributed by atoms with van der Waals surface area (Å²) in [5, 5.41) is 0.288. The first-order chi connectivity index (χ1) is 14.2. The largest absolute Gasteiger partial charge is 0.342 e. The predicted octanol–water partition coefficient (Wildman–Crippen LogP) is 2.66. The number of fused-ring (bicyclic) bond motifs is 1. The van der Waals surface area contributed by atoms with Crippen LogP contribution in [-0.4, -0.2) is 71.7 Å². The smallest absolute Gasteiger partial charge is 0.256 e. The van der Waals surface area contributed by atoms with Crippen LogP contribution in [0.2, 0.25) is 5.02 Å². The maximum atomic E-state index is 14.3. The van der Waals surface area contributed by atoms with Gasteiger partial charge in [-0.1, -0.05) is 25.4 Å². The first kappa shape index (κ1) is 21.1. The van der Waals surface area contributed by atoms with E-state index >= 15 is 0 Å². The summed E-state index contributed by atoms with van der Waals surface area (Å²) in [7, 11) is 0. The third-order valence-corrected chi connectivity index (χ3v) is 6.91. The van der Waals surface area contributed by atoms with Crippen molar-refractivity contribution in [2.45, 2.75) is 26.7 Å². The summed E-state index contributed by atoms with van der Waals surface area (Å²) >= 11 is 5.97. The number of hydrogen-bond acceptors (Lipinski definition) is 3. The van der Waals surface area contributed by atoms with Crippen LogP contribution < -0.4 is 0 Å². The van der Waals surface area contributed by atoms with Crippen LogP contribution in [0, 0.1) is 23.1 Å². The summed E-state index contributed by atoms with van der Waals surface area (Å²) in [6.07, 6.45) is 1.94. The molecule has 3 amide bonds. The van der Waals surface area contributed by atoms with Crippen molar-refractivity contribution in [1.29, 1.82) is 0 Å². The van der Waals surface area contributed by atoms with Gasteiger partial charge in [0, 0.05) is 56.1 Å². The molecule has 162 valence electrons. The second kappa shape index (κ2) is 7.84. The van der Waals surface area contributed by atoms with E-state index in [0.29, 0.717) is 32.7 Å². The molecule has 3 heterocycles. The van der Waals surface area contributed by atoms with Crippen LogP contribution in [0.25, 0.3) is 0 Å². The van der Waals surface area contributed by atoms with Gasteiger partial charge in [-0.2, -0.15) is 0 Å². The molecule has 3 aliphatic rings. The Bertz CT molecular complexity index is 886. The van der Waals surface area contributed by atoms with Gasteiger partial charge in [-0.05, 0) is 31.0 Å². The highest BCUT2D eigenvalue weighted by molar-refractivity contribution is 6.31. The van der Waals surface area contributed by atoms with Crippen LogP contribution >= 0.6 is 11.6 Å². The van der Waals surface area contributed by atoms with E-state index in [9.17, 15) is 18.8 Å². The van der Waals surface area contributed by atoms with Crippen LogP contribution in [0.3, 0.4) is 0 Å². The zero-order chi connectivity index (χ0) is 21.6. The molecule has 0 aliphatic carbocycles. The fourth-order valence-corrected chi connectivity index (χ4v) is 5.29. The highest BCUT2D eigenvalue weighted by Crippen LogP contribution is 2.45. The van der Waals surface area contributed by atoms with E-state index in [1.54, 1.807) is 9.80 Å². The standard InChI is InChI=1S/C22H27ClFN3O3/c1-14(2)19(28)26-10-15-11-27(20(29)17-9-16(23)5-6-18(17)24)13-22(15,12-26)21(30)25-7-3-4-8-25/h5-6,9,14-15H,3-4,7-8,10-13H2,1-2H3/t15-,22-/m0/s1. The molecule has 0 N–H and O–H groups in total. The van der Waals surface area contributed by atoms with Crippen molar-refractivity contribution < 1.29 is 18.8 Å². The van der Waals surface area contributed by atoms with Crippen molar-refractivity contribution in [3.63, 3.8) is 0 Å². The number of halogens is 2. The van der Waals surface area contributed by atoms with Crippen LogP contribution in [0.5, 0.6) is 0 Å². The molecule has 2 atom stereocenters. The Morgan fingerprint density at radius 1 is 1.07 bits per heavy atom. The lowest BCUT2D eigenvalue weighted by molar-refractivity contribution is -0.141.